The van der Waals surface area contributed by atoms with E-state index in [9.17, 15) is 0 Å². The van der Waals surface area contributed by atoms with Crippen molar-refractivity contribution in [3.8, 4) is 0 Å². The molecule has 0 aromatic carbocycles. The minimum Gasteiger partial charge on any atom is -0.339 e. The second kappa shape index (κ2) is 5.43. The number of halogens is 1. The van der Waals surface area contributed by atoms with Crippen molar-refractivity contribution < 1.29 is 4.74 Å². The van der Waals surface area contributed by atoms with E-state index in [0.717, 1.165) is 45.6 Å². The lowest BCUT2D eigenvalue weighted by molar-refractivity contribution is -0.0323. The number of thiophene rings is 1. The molecule has 0 spiro atoms. The first kappa shape index (κ1) is 13.4. The molecular formula is C14H19ClN2OS. The van der Waals surface area contributed by atoms with Crippen molar-refractivity contribution in [1.82, 2.24) is 4.90 Å². The van der Waals surface area contributed by atoms with Gasteiger partial charge in [0.25, 0.3) is 0 Å². The highest BCUT2D eigenvalue weighted by molar-refractivity contribution is 7.13. The molecule has 5 heteroatoms. The van der Waals surface area contributed by atoms with Crippen molar-refractivity contribution in [3.63, 3.8) is 0 Å². The molecule has 1 aliphatic carbocycles. The molecule has 104 valence electrons. The lowest BCUT2D eigenvalue weighted by atomic mass is 10.3. The predicted octanol–water partition coefficient (Wildman–Crippen LogP) is 2.44. The molecule has 19 heavy (non-hydrogen) atoms. The number of rotatable bonds is 5. The van der Waals surface area contributed by atoms with Crippen molar-refractivity contribution in [1.29, 1.82) is 0 Å². The van der Waals surface area contributed by atoms with Gasteiger partial charge < -0.3 is 9.64 Å². The highest BCUT2D eigenvalue weighted by Crippen LogP contribution is 2.38. The molecule has 1 aromatic heterocycles. The van der Waals surface area contributed by atoms with Gasteiger partial charge in [0, 0.05) is 18.0 Å². The van der Waals surface area contributed by atoms with Crippen molar-refractivity contribution >= 4 is 29.1 Å². The summed E-state index contributed by atoms with van der Waals surface area (Å²) in [5.41, 5.74) is 0. The van der Waals surface area contributed by atoms with Crippen molar-refractivity contribution in [2.75, 3.05) is 13.2 Å². The molecule has 0 saturated heterocycles. The molecule has 0 bridgehead atoms. The van der Waals surface area contributed by atoms with Crippen LogP contribution in [-0.2, 0) is 4.74 Å². The van der Waals surface area contributed by atoms with Crippen LogP contribution in [0.3, 0.4) is 0 Å². The maximum Gasteiger partial charge on any atom is 0.229 e. The van der Waals surface area contributed by atoms with Gasteiger partial charge in [-0.15, -0.1) is 11.3 Å². The van der Waals surface area contributed by atoms with Gasteiger partial charge in [-0.3, -0.25) is 0 Å². The number of nitrogens with zero attached hydrogens (tertiary/aromatic N) is 2. The Morgan fingerprint density at radius 1 is 1.58 bits per heavy atom. The molecule has 1 aromatic rings. The fourth-order valence-electron chi connectivity index (χ4n) is 2.38. The third-order valence-corrected chi connectivity index (χ3v) is 4.93. The van der Waals surface area contributed by atoms with E-state index in [4.69, 9.17) is 21.3 Å². The lowest BCUT2D eigenvalue weighted by Crippen LogP contribution is -2.42. The van der Waals surface area contributed by atoms with Gasteiger partial charge in [-0.25, -0.2) is 4.99 Å². The van der Waals surface area contributed by atoms with Gasteiger partial charge in [0.05, 0.1) is 10.9 Å². The van der Waals surface area contributed by atoms with Gasteiger partial charge in [-0.1, -0.05) is 25.4 Å². The van der Waals surface area contributed by atoms with Crippen LogP contribution in [0.25, 0.3) is 6.20 Å². The average molecular weight is 299 g/mol. The zero-order chi connectivity index (χ0) is 13.4. The largest absolute Gasteiger partial charge is 0.339 e. The molecule has 3 atom stereocenters. The quantitative estimate of drug-likeness (QED) is 0.834. The Morgan fingerprint density at radius 3 is 3.05 bits per heavy atom. The Hall–Kier alpha value is -0.580. The molecule has 3 nitrogen and oxygen atoms in total. The summed E-state index contributed by atoms with van der Waals surface area (Å²) < 4.78 is 7.78. The molecule has 1 fully saturated rings. The van der Waals surface area contributed by atoms with Gasteiger partial charge in [-0.2, -0.15) is 0 Å². The van der Waals surface area contributed by atoms with Gasteiger partial charge in [0.1, 0.15) is 4.67 Å². The third kappa shape index (κ3) is 2.96. The van der Waals surface area contributed by atoms with Crippen LogP contribution in [0.5, 0.6) is 0 Å². The molecule has 1 aliphatic heterocycles. The van der Waals surface area contributed by atoms with Crippen LogP contribution in [0, 0.1) is 11.8 Å². The highest BCUT2D eigenvalue weighted by Gasteiger charge is 2.33. The summed E-state index contributed by atoms with van der Waals surface area (Å²) in [6.45, 7) is 6.22. The van der Waals surface area contributed by atoms with Crippen LogP contribution in [0.15, 0.2) is 11.1 Å². The standard InChI is InChI=1S/C14H19ClN2OS/c1-3-4-17-7-10-6-12(15)19-13(10)16-14(17)18-8-11-5-9(11)2/h6-7,9,11,14H,3-5,8H2,1-2H3. The number of hydrogen-bond donors (Lipinski definition) is 0. The van der Waals surface area contributed by atoms with Crippen LogP contribution in [-0.4, -0.2) is 24.4 Å². The normalized spacial score (nSPS) is 28.6. The fourth-order valence-corrected chi connectivity index (χ4v) is 3.46. The maximum absolute atomic E-state index is 6.06. The number of ether oxygens (including phenoxy) is 1. The zero-order valence-electron chi connectivity index (χ0n) is 11.3. The van der Waals surface area contributed by atoms with Crippen LogP contribution < -0.4 is 9.89 Å². The van der Waals surface area contributed by atoms with E-state index < -0.39 is 0 Å². The number of hydrogen-bond acceptors (Lipinski definition) is 4. The van der Waals surface area contributed by atoms with Gasteiger partial charge in [-0.05, 0) is 30.7 Å². The van der Waals surface area contributed by atoms with E-state index in [-0.39, 0.29) is 6.35 Å². The minimum absolute atomic E-state index is 0.171. The summed E-state index contributed by atoms with van der Waals surface area (Å²) in [7, 11) is 0. The van der Waals surface area contributed by atoms with E-state index >= 15 is 0 Å². The summed E-state index contributed by atoms with van der Waals surface area (Å²) >= 11 is 7.58. The zero-order valence-corrected chi connectivity index (χ0v) is 12.9. The highest BCUT2D eigenvalue weighted by atomic mass is 35.5. The molecule has 0 radical (unpaired) electrons. The summed E-state index contributed by atoms with van der Waals surface area (Å²) in [6, 6.07) is 1.98. The second-order valence-corrected chi connectivity index (χ2v) is 7.10. The molecule has 0 N–H and O–H groups in total. The number of fused-ring (bicyclic) bond motifs is 1. The summed E-state index contributed by atoms with van der Waals surface area (Å²) in [6.07, 6.45) is 4.34. The lowest BCUT2D eigenvalue weighted by Gasteiger charge is -2.28. The van der Waals surface area contributed by atoms with Crippen LogP contribution in [0.2, 0.25) is 4.34 Å². The Morgan fingerprint density at radius 2 is 2.37 bits per heavy atom. The van der Waals surface area contributed by atoms with Gasteiger partial charge >= 0.3 is 0 Å². The topological polar surface area (TPSA) is 24.8 Å². The van der Waals surface area contributed by atoms with Crippen LogP contribution in [0.4, 0.5) is 0 Å². The Labute approximate surface area is 122 Å². The fraction of sp³-hybridized carbons (Fsp3) is 0.643. The Kier molecular flexibility index (Phi) is 3.83. The summed E-state index contributed by atoms with van der Waals surface area (Å²) in [4.78, 5) is 6.88. The van der Waals surface area contributed by atoms with E-state index in [1.807, 2.05) is 6.07 Å². The van der Waals surface area contributed by atoms with Crippen LogP contribution >= 0.6 is 22.9 Å². The monoisotopic (exact) mass is 298 g/mol. The first-order valence-corrected chi connectivity index (χ1v) is 8.09. The van der Waals surface area contributed by atoms with Crippen molar-refractivity contribution in [3.05, 3.63) is 20.3 Å². The van der Waals surface area contributed by atoms with E-state index in [0.29, 0.717) is 0 Å². The average Bonchev–Trinajstić information content (AvgIpc) is 2.94. The smallest absolute Gasteiger partial charge is 0.229 e. The second-order valence-electron chi connectivity index (χ2n) is 5.44. The van der Waals surface area contributed by atoms with Crippen molar-refractivity contribution in [2.45, 2.75) is 33.0 Å². The van der Waals surface area contributed by atoms with Crippen molar-refractivity contribution in [2.24, 2.45) is 16.8 Å². The maximum atomic E-state index is 6.06. The predicted molar refractivity (Wildman–Crippen MR) is 78.6 cm³/mol. The molecule has 2 aliphatic rings. The van der Waals surface area contributed by atoms with Gasteiger partial charge in [0.15, 0.2) is 0 Å². The van der Waals surface area contributed by atoms with E-state index in [1.165, 1.54) is 17.8 Å². The SMILES string of the molecule is CCCN1C=c2cc(Cl)sc2=NC1OCC1CC1C. The summed E-state index contributed by atoms with van der Waals surface area (Å²) in [5, 5.41) is 1.11. The molecule has 3 unspecified atom stereocenters. The Bertz CT molecular complexity index is 570. The third-order valence-electron chi connectivity index (χ3n) is 3.74. The molecule has 2 heterocycles. The summed E-state index contributed by atoms with van der Waals surface area (Å²) in [5.74, 6) is 1.55. The first-order valence-electron chi connectivity index (χ1n) is 6.89. The first-order chi connectivity index (χ1) is 9.17. The van der Waals surface area contributed by atoms with Gasteiger partial charge in [0.2, 0.25) is 6.35 Å². The molecular weight excluding hydrogens is 280 g/mol. The molecule has 1 saturated carbocycles. The van der Waals surface area contributed by atoms with E-state index in [1.54, 1.807) is 0 Å². The van der Waals surface area contributed by atoms with E-state index in [2.05, 4.69) is 24.9 Å². The molecule has 3 rings (SSSR count). The Balaban J connectivity index is 1.78. The van der Waals surface area contributed by atoms with Crippen LogP contribution in [0.1, 0.15) is 26.7 Å². The minimum atomic E-state index is -0.171. The molecule has 0 amide bonds.